The van der Waals surface area contributed by atoms with E-state index in [0.717, 1.165) is 5.56 Å². The molecule has 0 aromatic carbocycles. The molecule has 4 aromatic rings. The first-order valence-electron chi connectivity index (χ1n) is 12.3. The Balaban J connectivity index is 1.83. The Labute approximate surface area is 227 Å². The molecule has 0 saturated carbocycles. The van der Waals surface area contributed by atoms with Crippen LogP contribution in [0.25, 0.3) is 17.3 Å². The van der Waals surface area contributed by atoms with Crippen molar-refractivity contribution in [2.24, 2.45) is 5.92 Å². The van der Waals surface area contributed by atoms with Gasteiger partial charge in [-0.05, 0) is 50.8 Å². The predicted molar refractivity (Wildman–Crippen MR) is 143 cm³/mol. The molecule has 4 heterocycles. The van der Waals surface area contributed by atoms with Crippen molar-refractivity contribution in [3.05, 3.63) is 48.0 Å². The first-order valence-corrected chi connectivity index (χ1v) is 13.9. The molecule has 0 aliphatic rings. The van der Waals surface area contributed by atoms with E-state index in [4.69, 9.17) is 13.9 Å². The van der Waals surface area contributed by atoms with Gasteiger partial charge in [-0.1, -0.05) is 13.8 Å². The molecular weight excluding hydrogens is 524 g/mol. The quantitative estimate of drug-likeness (QED) is 0.287. The summed E-state index contributed by atoms with van der Waals surface area (Å²) in [6.07, 6.45) is 5.20. The number of ether oxygens (including phenoxy) is 2. The van der Waals surface area contributed by atoms with Gasteiger partial charge in [-0.25, -0.2) is 23.0 Å². The van der Waals surface area contributed by atoms with Crippen LogP contribution >= 0.6 is 0 Å². The fourth-order valence-electron chi connectivity index (χ4n) is 4.16. The van der Waals surface area contributed by atoms with E-state index in [1.54, 1.807) is 38.4 Å². The molecule has 0 fully saturated rings. The first kappa shape index (κ1) is 28.0. The Morgan fingerprint density at radius 1 is 0.974 bits per heavy atom. The van der Waals surface area contributed by atoms with Crippen LogP contribution < -0.4 is 14.2 Å². The SMILES string of the molecule is COc1ncnc(OC)c1-n1c(NS(=O)(=O)[C@@H](C)[C@@H](CC(C)C)c2ncc(C)cn2)nnc1-c1ccc(C)o1. The number of methoxy groups -OCH3 is 2. The van der Waals surface area contributed by atoms with E-state index >= 15 is 0 Å². The van der Waals surface area contributed by atoms with Crippen LogP contribution in [0.15, 0.2) is 35.3 Å². The highest BCUT2D eigenvalue weighted by Gasteiger charge is 2.35. The van der Waals surface area contributed by atoms with Crippen molar-refractivity contribution in [3.63, 3.8) is 0 Å². The number of nitrogens with one attached hydrogen (secondary N) is 1. The molecule has 14 heteroatoms. The number of hydrogen-bond acceptors (Lipinski definition) is 11. The van der Waals surface area contributed by atoms with Gasteiger partial charge in [-0.15, -0.1) is 10.2 Å². The van der Waals surface area contributed by atoms with E-state index in [1.165, 1.54) is 25.1 Å². The summed E-state index contributed by atoms with van der Waals surface area (Å²) in [6.45, 7) is 9.34. The topological polar surface area (TPSA) is 160 Å². The third-order valence-corrected chi connectivity index (χ3v) is 7.91. The van der Waals surface area contributed by atoms with Crippen LogP contribution in [0.2, 0.25) is 0 Å². The van der Waals surface area contributed by atoms with E-state index in [0.29, 0.717) is 23.8 Å². The lowest BCUT2D eigenvalue weighted by Gasteiger charge is -2.25. The number of sulfonamides is 1. The molecule has 4 aromatic heterocycles. The monoisotopic (exact) mass is 556 g/mol. The lowest BCUT2D eigenvalue weighted by atomic mass is 9.93. The highest BCUT2D eigenvalue weighted by Crippen LogP contribution is 2.36. The molecule has 13 nitrogen and oxygen atoms in total. The van der Waals surface area contributed by atoms with Crippen molar-refractivity contribution in [1.29, 1.82) is 0 Å². The van der Waals surface area contributed by atoms with Crippen LogP contribution in [0.1, 0.15) is 50.3 Å². The molecular formula is C25H32N8O5S. The Kier molecular flexibility index (Phi) is 8.14. The Bertz CT molecular complexity index is 1510. The van der Waals surface area contributed by atoms with Crippen molar-refractivity contribution in [2.75, 3.05) is 18.9 Å². The molecule has 0 aliphatic carbocycles. The zero-order valence-corrected chi connectivity index (χ0v) is 23.7. The second-order valence-corrected chi connectivity index (χ2v) is 11.6. The summed E-state index contributed by atoms with van der Waals surface area (Å²) < 4.78 is 48.4. The normalized spacial score (nSPS) is 13.3. The van der Waals surface area contributed by atoms with Gasteiger partial charge in [0.15, 0.2) is 11.4 Å². The maximum absolute atomic E-state index is 13.8. The molecule has 2 atom stereocenters. The van der Waals surface area contributed by atoms with E-state index in [1.807, 2.05) is 20.8 Å². The minimum absolute atomic E-state index is 0.116. The molecule has 0 unspecified atom stereocenters. The van der Waals surface area contributed by atoms with E-state index in [2.05, 4.69) is 34.9 Å². The molecule has 39 heavy (non-hydrogen) atoms. The fourth-order valence-corrected chi connectivity index (χ4v) is 5.40. The highest BCUT2D eigenvalue weighted by molar-refractivity contribution is 7.93. The number of aryl methyl sites for hydroxylation is 2. The summed E-state index contributed by atoms with van der Waals surface area (Å²) in [4.78, 5) is 17.2. The summed E-state index contributed by atoms with van der Waals surface area (Å²) in [5.41, 5.74) is 1.08. The third kappa shape index (κ3) is 5.85. The van der Waals surface area contributed by atoms with Crippen molar-refractivity contribution in [3.8, 4) is 29.0 Å². The van der Waals surface area contributed by atoms with E-state index < -0.39 is 21.2 Å². The van der Waals surface area contributed by atoms with Crippen molar-refractivity contribution in [1.82, 2.24) is 34.7 Å². The van der Waals surface area contributed by atoms with Crippen LogP contribution in [-0.4, -0.2) is 62.6 Å². The van der Waals surface area contributed by atoms with Gasteiger partial charge in [0.05, 0.1) is 19.5 Å². The summed E-state index contributed by atoms with van der Waals surface area (Å²) in [6, 6.07) is 3.46. The summed E-state index contributed by atoms with van der Waals surface area (Å²) in [5, 5.41) is 7.48. The standard InChI is InChI=1S/C25H32N8O5S/c1-14(2)10-18(21-26-11-15(3)12-27-21)17(5)39(34,35)32-25-31-30-22(19-9-8-16(4)38-19)33(25)20-23(36-6)28-13-29-24(20)37-7/h8-9,11-14,17-18H,10H2,1-7H3,(H,31,32)/t17-,18+/m0/s1. The van der Waals surface area contributed by atoms with Gasteiger partial charge in [-0.2, -0.15) is 9.97 Å². The molecule has 0 spiro atoms. The smallest absolute Gasteiger partial charge is 0.245 e. The largest absolute Gasteiger partial charge is 0.479 e. The number of aromatic nitrogens is 7. The van der Waals surface area contributed by atoms with Gasteiger partial charge in [-0.3, -0.25) is 4.72 Å². The second-order valence-electron chi connectivity index (χ2n) is 9.54. The molecule has 208 valence electrons. The molecule has 4 rings (SSSR count). The average Bonchev–Trinajstić information content (AvgIpc) is 3.52. The number of furan rings is 1. The molecule has 0 saturated heterocycles. The first-order chi connectivity index (χ1) is 18.6. The maximum atomic E-state index is 13.8. The number of hydrogen-bond donors (Lipinski definition) is 1. The van der Waals surface area contributed by atoms with Crippen molar-refractivity contribution < 1.29 is 22.3 Å². The highest BCUT2D eigenvalue weighted by atomic mass is 32.2. The second kappa shape index (κ2) is 11.4. The summed E-state index contributed by atoms with van der Waals surface area (Å²) >= 11 is 0. The molecule has 0 radical (unpaired) electrons. The Morgan fingerprint density at radius 2 is 1.62 bits per heavy atom. The van der Waals surface area contributed by atoms with Gasteiger partial charge in [0.25, 0.3) is 0 Å². The predicted octanol–water partition coefficient (Wildman–Crippen LogP) is 3.70. The summed E-state index contributed by atoms with van der Waals surface area (Å²) in [5.74, 6) is 1.47. The summed E-state index contributed by atoms with van der Waals surface area (Å²) in [7, 11) is -1.20. The van der Waals surface area contributed by atoms with Crippen molar-refractivity contribution in [2.45, 2.75) is 52.2 Å². The minimum Gasteiger partial charge on any atom is -0.479 e. The van der Waals surface area contributed by atoms with E-state index in [9.17, 15) is 8.42 Å². The molecule has 1 N–H and O–H groups in total. The van der Waals surface area contributed by atoms with Crippen LogP contribution in [0.3, 0.4) is 0 Å². The minimum atomic E-state index is -4.06. The zero-order valence-electron chi connectivity index (χ0n) is 22.9. The van der Waals surface area contributed by atoms with Gasteiger partial charge in [0.2, 0.25) is 33.6 Å². The van der Waals surface area contributed by atoms with Crippen LogP contribution in [0.5, 0.6) is 11.8 Å². The fraction of sp³-hybridized carbons (Fsp3) is 0.440. The molecule has 0 amide bonds. The van der Waals surface area contributed by atoms with Gasteiger partial charge in [0, 0.05) is 18.3 Å². The van der Waals surface area contributed by atoms with Gasteiger partial charge >= 0.3 is 0 Å². The van der Waals surface area contributed by atoms with E-state index in [-0.39, 0.29) is 35.1 Å². The van der Waals surface area contributed by atoms with Gasteiger partial charge in [0.1, 0.15) is 17.9 Å². The molecule has 0 bridgehead atoms. The maximum Gasteiger partial charge on any atom is 0.245 e. The average molecular weight is 557 g/mol. The lowest BCUT2D eigenvalue weighted by Crippen LogP contribution is -2.33. The van der Waals surface area contributed by atoms with Gasteiger partial charge < -0.3 is 13.9 Å². The number of nitrogens with zero attached hydrogens (tertiary/aromatic N) is 7. The number of anilines is 1. The van der Waals surface area contributed by atoms with Crippen LogP contribution in [0.4, 0.5) is 5.95 Å². The van der Waals surface area contributed by atoms with Crippen LogP contribution in [-0.2, 0) is 10.0 Å². The zero-order chi connectivity index (χ0) is 28.3. The molecule has 0 aliphatic heterocycles. The Morgan fingerprint density at radius 3 is 2.15 bits per heavy atom. The van der Waals surface area contributed by atoms with Crippen LogP contribution in [0, 0.1) is 19.8 Å². The van der Waals surface area contributed by atoms with Crippen molar-refractivity contribution >= 4 is 16.0 Å². The lowest BCUT2D eigenvalue weighted by molar-refractivity contribution is 0.368. The third-order valence-electron chi connectivity index (χ3n) is 6.14. The number of rotatable bonds is 11. The Hall–Kier alpha value is -4.07.